The number of anilines is 1. The van der Waals surface area contributed by atoms with Crippen LogP contribution < -0.4 is 9.64 Å². The van der Waals surface area contributed by atoms with E-state index in [1.807, 2.05) is 6.92 Å². The van der Waals surface area contributed by atoms with Gasteiger partial charge in [-0.15, -0.1) is 0 Å². The van der Waals surface area contributed by atoms with Crippen molar-refractivity contribution >= 4 is 46.5 Å². The van der Waals surface area contributed by atoms with Crippen LogP contribution in [-0.2, 0) is 14.3 Å². The van der Waals surface area contributed by atoms with Gasteiger partial charge in [0.15, 0.2) is 6.61 Å². The van der Waals surface area contributed by atoms with Crippen LogP contribution in [0.3, 0.4) is 0 Å². The zero-order chi connectivity index (χ0) is 21.0. The van der Waals surface area contributed by atoms with Crippen LogP contribution >= 0.6 is 23.2 Å². The van der Waals surface area contributed by atoms with E-state index in [4.69, 9.17) is 32.7 Å². The largest absolute Gasteiger partial charge is 0.494 e. The molecule has 1 aliphatic heterocycles. The first kappa shape index (κ1) is 21.1. The molecule has 0 spiro atoms. The van der Waals surface area contributed by atoms with Crippen molar-refractivity contribution < 1.29 is 23.9 Å². The van der Waals surface area contributed by atoms with E-state index < -0.39 is 24.3 Å². The summed E-state index contributed by atoms with van der Waals surface area (Å²) in [5.41, 5.74) is 0.903. The van der Waals surface area contributed by atoms with Crippen molar-refractivity contribution in [2.45, 2.75) is 13.3 Å². The standard InChI is InChI=1S/C21H19Cl2NO5/c1-2-28-16-6-4-15(5-7-16)24-11-13(9-20(24)26)21(27)29-12-19(25)17-8-3-14(22)10-18(17)23/h3-8,10,13H,2,9,11-12H2,1H3/t13-/m0/s1. The van der Waals surface area contributed by atoms with Crippen molar-refractivity contribution in [3.63, 3.8) is 0 Å². The fraction of sp³-hybridized carbons (Fsp3) is 0.286. The Hall–Kier alpha value is -2.57. The molecular formula is C21H19Cl2NO5. The van der Waals surface area contributed by atoms with Gasteiger partial charge in [-0.3, -0.25) is 14.4 Å². The third-order valence-electron chi connectivity index (χ3n) is 4.49. The maximum absolute atomic E-state index is 12.4. The Morgan fingerprint density at radius 2 is 1.86 bits per heavy atom. The summed E-state index contributed by atoms with van der Waals surface area (Å²) in [6.45, 7) is 2.19. The number of Topliss-reactive ketones (excluding diaryl/α,β-unsaturated/α-hetero) is 1. The van der Waals surface area contributed by atoms with E-state index in [2.05, 4.69) is 0 Å². The lowest BCUT2D eigenvalue weighted by atomic mass is 10.1. The monoisotopic (exact) mass is 435 g/mol. The summed E-state index contributed by atoms with van der Waals surface area (Å²) in [5.74, 6) is -1.14. The maximum Gasteiger partial charge on any atom is 0.311 e. The fourth-order valence-corrected chi connectivity index (χ4v) is 3.57. The zero-order valence-electron chi connectivity index (χ0n) is 15.7. The summed E-state index contributed by atoms with van der Waals surface area (Å²) >= 11 is 11.8. The number of carbonyl (C=O) groups is 3. The Balaban J connectivity index is 1.58. The number of carbonyl (C=O) groups excluding carboxylic acids is 3. The average Bonchev–Trinajstić information content (AvgIpc) is 3.08. The van der Waals surface area contributed by atoms with E-state index in [9.17, 15) is 14.4 Å². The van der Waals surface area contributed by atoms with Gasteiger partial charge in [-0.25, -0.2) is 0 Å². The highest BCUT2D eigenvalue weighted by Crippen LogP contribution is 2.28. The lowest BCUT2D eigenvalue weighted by molar-refractivity contribution is -0.147. The van der Waals surface area contributed by atoms with Crippen LogP contribution in [0.5, 0.6) is 5.75 Å². The van der Waals surface area contributed by atoms with Gasteiger partial charge in [0.2, 0.25) is 11.7 Å². The van der Waals surface area contributed by atoms with Gasteiger partial charge < -0.3 is 14.4 Å². The summed E-state index contributed by atoms with van der Waals surface area (Å²) < 4.78 is 10.5. The lowest BCUT2D eigenvalue weighted by Crippen LogP contribution is -2.27. The Bertz CT molecular complexity index is 929. The minimum absolute atomic E-state index is 0.0297. The second kappa shape index (κ2) is 9.29. The Morgan fingerprint density at radius 1 is 1.14 bits per heavy atom. The van der Waals surface area contributed by atoms with Gasteiger partial charge in [0, 0.05) is 29.2 Å². The van der Waals surface area contributed by atoms with Crippen molar-refractivity contribution in [2.75, 3.05) is 24.7 Å². The van der Waals surface area contributed by atoms with Crippen LogP contribution in [0.2, 0.25) is 10.0 Å². The van der Waals surface area contributed by atoms with Gasteiger partial charge in [-0.05, 0) is 49.4 Å². The molecule has 1 heterocycles. The summed E-state index contributed by atoms with van der Waals surface area (Å²) in [5, 5.41) is 0.596. The van der Waals surface area contributed by atoms with Crippen molar-refractivity contribution in [1.82, 2.24) is 0 Å². The second-order valence-corrected chi connectivity index (χ2v) is 7.33. The van der Waals surface area contributed by atoms with Crippen LogP contribution in [0.25, 0.3) is 0 Å². The molecule has 1 fully saturated rings. The first-order valence-corrected chi connectivity index (χ1v) is 9.82. The molecule has 29 heavy (non-hydrogen) atoms. The van der Waals surface area contributed by atoms with Gasteiger partial charge in [0.25, 0.3) is 0 Å². The molecule has 0 bridgehead atoms. The Labute approximate surface area is 178 Å². The lowest BCUT2D eigenvalue weighted by Gasteiger charge is -2.17. The highest BCUT2D eigenvalue weighted by atomic mass is 35.5. The van der Waals surface area contributed by atoms with E-state index >= 15 is 0 Å². The Kier molecular flexibility index (Phi) is 6.77. The molecule has 0 unspecified atom stereocenters. The predicted molar refractivity (Wildman–Crippen MR) is 110 cm³/mol. The van der Waals surface area contributed by atoms with Gasteiger partial charge in [-0.2, -0.15) is 0 Å². The minimum Gasteiger partial charge on any atom is -0.494 e. The SMILES string of the molecule is CCOc1ccc(N2C[C@@H](C(=O)OCC(=O)c3ccc(Cl)cc3Cl)CC2=O)cc1. The molecule has 3 rings (SSSR count). The van der Waals surface area contributed by atoms with Crippen molar-refractivity contribution in [3.05, 3.63) is 58.1 Å². The smallest absolute Gasteiger partial charge is 0.311 e. The fourth-order valence-electron chi connectivity index (χ4n) is 3.05. The third kappa shape index (κ3) is 5.08. The van der Waals surface area contributed by atoms with E-state index in [0.717, 1.165) is 0 Å². The van der Waals surface area contributed by atoms with E-state index in [1.54, 1.807) is 24.3 Å². The molecule has 0 N–H and O–H groups in total. The molecule has 1 atom stereocenters. The topological polar surface area (TPSA) is 72.9 Å². The first-order valence-electron chi connectivity index (χ1n) is 9.07. The van der Waals surface area contributed by atoms with Gasteiger partial charge >= 0.3 is 5.97 Å². The van der Waals surface area contributed by atoms with Crippen LogP contribution in [0.1, 0.15) is 23.7 Å². The maximum atomic E-state index is 12.4. The molecule has 6 nitrogen and oxygen atoms in total. The molecule has 152 valence electrons. The molecule has 2 aromatic rings. The zero-order valence-corrected chi connectivity index (χ0v) is 17.2. The number of amides is 1. The molecule has 1 amide bonds. The van der Waals surface area contributed by atoms with E-state index in [0.29, 0.717) is 23.1 Å². The second-order valence-electron chi connectivity index (χ2n) is 6.49. The average molecular weight is 436 g/mol. The van der Waals surface area contributed by atoms with E-state index in [1.165, 1.54) is 23.1 Å². The predicted octanol–water partition coefficient (Wildman–Crippen LogP) is 4.17. The molecule has 1 saturated heterocycles. The number of hydrogen-bond acceptors (Lipinski definition) is 5. The number of benzene rings is 2. The van der Waals surface area contributed by atoms with Crippen molar-refractivity contribution in [1.29, 1.82) is 0 Å². The van der Waals surface area contributed by atoms with Crippen LogP contribution in [0.4, 0.5) is 5.69 Å². The number of hydrogen-bond donors (Lipinski definition) is 0. The summed E-state index contributed by atoms with van der Waals surface area (Å²) in [4.78, 5) is 38.4. The molecule has 1 aliphatic rings. The molecule has 0 saturated carbocycles. The minimum atomic E-state index is -0.637. The molecule has 2 aromatic carbocycles. The molecule has 8 heteroatoms. The van der Waals surface area contributed by atoms with Crippen molar-refractivity contribution in [2.24, 2.45) is 5.92 Å². The molecular weight excluding hydrogens is 417 g/mol. The number of rotatable bonds is 7. The first-order chi connectivity index (χ1) is 13.9. The quantitative estimate of drug-likeness (QED) is 0.481. The van der Waals surface area contributed by atoms with Gasteiger partial charge in [0.1, 0.15) is 5.75 Å². The van der Waals surface area contributed by atoms with Crippen LogP contribution in [-0.4, -0.2) is 37.4 Å². The number of ketones is 1. The highest BCUT2D eigenvalue weighted by molar-refractivity contribution is 6.36. The third-order valence-corrected chi connectivity index (χ3v) is 5.04. The number of esters is 1. The number of ether oxygens (including phenoxy) is 2. The normalized spacial score (nSPS) is 16.0. The van der Waals surface area contributed by atoms with Crippen LogP contribution in [0, 0.1) is 5.92 Å². The summed E-state index contributed by atoms with van der Waals surface area (Å²) in [7, 11) is 0. The van der Waals surface area contributed by atoms with Crippen molar-refractivity contribution in [3.8, 4) is 5.75 Å². The molecule has 0 aliphatic carbocycles. The summed E-state index contributed by atoms with van der Waals surface area (Å²) in [6.07, 6.45) is 0.0297. The number of nitrogens with zero attached hydrogens (tertiary/aromatic N) is 1. The number of halogens is 2. The van der Waals surface area contributed by atoms with Crippen LogP contribution in [0.15, 0.2) is 42.5 Å². The van der Waals surface area contributed by atoms with Gasteiger partial charge in [0.05, 0.1) is 17.5 Å². The molecule has 0 radical (unpaired) electrons. The highest BCUT2D eigenvalue weighted by Gasteiger charge is 2.36. The molecule has 0 aromatic heterocycles. The Morgan fingerprint density at radius 3 is 2.52 bits per heavy atom. The van der Waals surface area contributed by atoms with Gasteiger partial charge in [-0.1, -0.05) is 23.2 Å². The van der Waals surface area contributed by atoms with E-state index in [-0.39, 0.29) is 29.5 Å². The summed E-state index contributed by atoms with van der Waals surface area (Å²) in [6, 6.07) is 11.5.